The second-order valence-electron chi connectivity index (χ2n) is 4.99. The molecule has 1 aliphatic heterocycles. The van der Waals surface area contributed by atoms with Crippen LogP contribution in [0.3, 0.4) is 0 Å². The maximum absolute atomic E-state index is 12.4. The molecule has 1 fully saturated rings. The maximum atomic E-state index is 12.4. The van der Waals surface area contributed by atoms with Gasteiger partial charge >= 0.3 is 5.97 Å². The molecule has 1 unspecified atom stereocenters. The van der Waals surface area contributed by atoms with E-state index in [1.165, 1.54) is 4.90 Å². The van der Waals surface area contributed by atoms with Crippen LogP contribution in [0.2, 0.25) is 0 Å². The molecule has 1 aromatic rings. The molecule has 2 N–H and O–H groups in total. The Morgan fingerprint density at radius 3 is 2.47 bits per heavy atom. The third kappa shape index (κ3) is 2.33. The molecule has 1 aromatic carbocycles. The van der Waals surface area contributed by atoms with Crippen molar-refractivity contribution in [2.24, 2.45) is 0 Å². The number of benzene rings is 1. The van der Waals surface area contributed by atoms with Crippen LogP contribution in [0.1, 0.15) is 35.7 Å². The molecule has 0 aromatic heterocycles. The summed E-state index contributed by atoms with van der Waals surface area (Å²) in [7, 11) is 0. The minimum absolute atomic E-state index is 0.0783. The van der Waals surface area contributed by atoms with E-state index in [9.17, 15) is 14.7 Å². The van der Waals surface area contributed by atoms with Gasteiger partial charge < -0.3 is 15.1 Å². The van der Waals surface area contributed by atoms with Crippen LogP contribution in [0.4, 0.5) is 0 Å². The number of rotatable bonds is 3. The van der Waals surface area contributed by atoms with Crippen molar-refractivity contribution in [2.75, 3.05) is 6.54 Å². The molecule has 0 saturated carbocycles. The average Bonchev–Trinajstić information content (AvgIpc) is 2.81. The number of carbonyl (C=O) groups excluding carboxylic acids is 1. The SMILES string of the molecule is CC1(C(=O)O)CCCN1C(=O)c1ccc(CO)cc1. The van der Waals surface area contributed by atoms with Crippen molar-refractivity contribution in [3.63, 3.8) is 0 Å². The van der Waals surface area contributed by atoms with Gasteiger partial charge in [-0.15, -0.1) is 0 Å². The molecule has 0 bridgehead atoms. The molecule has 5 heteroatoms. The molecule has 102 valence electrons. The Morgan fingerprint density at radius 1 is 1.32 bits per heavy atom. The maximum Gasteiger partial charge on any atom is 0.329 e. The lowest BCUT2D eigenvalue weighted by atomic mass is 9.98. The Kier molecular flexibility index (Phi) is 3.57. The highest BCUT2D eigenvalue weighted by Gasteiger charge is 2.45. The van der Waals surface area contributed by atoms with E-state index in [-0.39, 0.29) is 12.5 Å². The molecular weight excluding hydrogens is 246 g/mol. The highest BCUT2D eigenvalue weighted by atomic mass is 16.4. The second-order valence-corrected chi connectivity index (χ2v) is 4.99. The molecule has 5 nitrogen and oxygen atoms in total. The number of aliphatic hydroxyl groups excluding tert-OH is 1. The molecule has 0 radical (unpaired) electrons. The predicted octanol–water partition coefficient (Wildman–Crippen LogP) is 1.26. The third-order valence-electron chi connectivity index (χ3n) is 3.73. The van der Waals surface area contributed by atoms with Crippen LogP contribution in [0.5, 0.6) is 0 Å². The molecule has 1 heterocycles. The number of hydrogen-bond acceptors (Lipinski definition) is 3. The molecule has 1 aliphatic rings. The Morgan fingerprint density at radius 2 is 1.95 bits per heavy atom. The Bertz CT molecular complexity index is 497. The van der Waals surface area contributed by atoms with E-state index in [0.29, 0.717) is 24.9 Å². The van der Waals surface area contributed by atoms with Crippen LogP contribution in [0.25, 0.3) is 0 Å². The largest absolute Gasteiger partial charge is 0.480 e. The number of aliphatic carboxylic acids is 1. The first-order chi connectivity index (χ1) is 8.99. The van der Waals surface area contributed by atoms with Gasteiger partial charge in [-0.05, 0) is 37.5 Å². The summed E-state index contributed by atoms with van der Waals surface area (Å²) in [6.45, 7) is 1.97. The summed E-state index contributed by atoms with van der Waals surface area (Å²) < 4.78 is 0. The van der Waals surface area contributed by atoms with Crippen LogP contribution < -0.4 is 0 Å². The fraction of sp³-hybridized carbons (Fsp3) is 0.429. The van der Waals surface area contributed by atoms with E-state index in [1.807, 2.05) is 0 Å². The predicted molar refractivity (Wildman–Crippen MR) is 68.7 cm³/mol. The van der Waals surface area contributed by atoms with Crippen molar-refractivity contribution < 1.29 is 19.8 Å². The lowest BCUT2D eigenvalue weighted by Crippen LogP contribution is -2.50. The van der Waals surface area contributed by atoms with Gasteiger partial charge in [0.25, 0.3) is 5.91 Å². The first kappa shape index (κ1) is 13.5. The van der Waals surface area contributed by atoms with Gasteiger partial charge in [0, 0.05) is 12.1 Å². The van der Waals surface area contributed by atoms with Gasteiger partial charge in [-0.25, -0.2) is 4.79 Å². The van der Waals surface area contributed by atoms with Gasteiger partial charge in [0.2, 0.25) is 0 Å². The van der Waals surface area contributed by atoms with Gasteiger partial charge in [-0.1, -0.05) is 12.1 Å². The number of carboxylic acids is 1. The van der Waals surface area contributed by atoms with E-state index in [1.54, 1.807) is 31.2 Å². The molecule has 19 heavy (non-hydrogen) atoms. The van der Waals surface area contributed by atoms with Gasteiger partial charge in [0.05, 0.1) is 6.61 Å². The van der Waals surface area contributed by atoms with Crippen molar-refractivity contribution in [2.45, 2.75) is 31.9 Å². The third-order valence-corrected chi connectivity index (χ3v) is 3.73. The Balaban J connectivity index is 2.25. The molecule has 1 saturated heterocycles. The normalized spacial score (nSPS) is 22.5. The standard InChI is InChI=1S/C14H17NO4/c1-14(13(18)19)7-2-8-15(14)12(17)11-5-3-10(9-16)4-6-11/h3-6,16H,2,7-9H2,1H3,(H,18,19). The highest BCUT2D eigenvalue weighted by Crippen LogP contribution is 2.30. The van der Waals surface area contributed by atoms with Crippen molar-refractivity contribution >= 4 is 11.9 Å². The van der Waals surface area contributed by atoms with Crippen molar-refractivity contribution in [1.82, 2.24) is 4.90 Å². The minimum atomic E-state index is -1.12. The first-order valence-corrected chi connectivity index (χ1v) is 6.24. The quantitative estimate of drug-likeness (QED) is 0.860. The summed E-state index contributed by atoms with van der Waals surface area (Å²) in [5.74, 6) is -1.24. The van der Waals surface area contributed by atoms with Crippen molar-refractivity contribution in [3.05, 3.63) is 35.4 Å². The van der Waals surface area contributed by atoms with Gasteiger partial charge in [0.15, 0.2) is 0 Å². The van der Waals surface area contributed by atoms with Crippen LogP contribution in [-0.2, 0) is 11.4 Å². The summed E-state index contributed by atoms with van der Waals surface area (Å²) in [5.41, 5.74) is 0.0535. The zero-order valence-corrected chi connectivity index (χ0v) is 10.8. The number of nitrogens with zero attached hydrogens (tertiary/aromatic N) is 1. The van der Waals surface area contributed by atoms with Crippen LogP contribution >= 0.6 is 0 Å². The van der Waals surface area contributed by atoms with E-state index < -0.39 is 11.5 Å². The number of amides is 1. The van der Waals surface area contributed by atoms with E-state index in [2.05, 4.69) is 0 Å². The summed E-state index contributed by atoms with van der Waals surface area (Å²) in [6.07, 6.45) is 1.17. The zero-order chi connectivity index (χ0) is 14.0. The lowest BCUT2D eigenvalue weighted by molar-refractivity contribution is -0.147. The zero-order valence-electron chi connectivity index (χ0n) is 10.8. The fourth-order valence-corrected chi connectivity index (χ4v) is 2.42. The lowest BCUT2D eigenvalue weighted by Gasteiger charge is -2.31. The van der Waals surface area contributed by atoms with Crippen LogP contribution in [0.15, 0.2) is 24.3 Å². The number of hydrogen-bond donors (Lipinski definition) is 2. The van der Waals surface area contributed by atoms with Gasteiger partial charge in [0.1, 0.15) is 5.54 Å². The summed E-state index contributed by atoms with van der Waals surface area (Å²) in [6, 6.07) is 6.58. The van der Waals surface area contributed by atoms with E-state index in [4.69, 9.17) is 5.11 Å². The van der Waals surface area contributed by atoms with Gasteiger partial charge in [-0.2, -0.15) is 0 Å². The molecule has 0 aliphatic carbocycles. The Labute approximate surface area is 111 Å². The van der Waals surface area contributed by atoms with E-state index in [0.717, 1.165) is 5.56 Å². The van der Waals surface area contributed by atoms with E-state index >= 15 is 0 Å². The minimum Gasteiger partial charge on any atom is -0.480 e. The van der Waals surface area contributed by atoms with Crippen molar-refractivity contribution in [3.8, 4) is 0 Å². The van der Waals surface area contributed by atoms with Crippen LogP contribution in [0, 0.1) is 0 Å². The number of carboxylic acid groups (broad SMARTS) is 1. The monoisotopic (exact) mass is 263 g/mol. The topological polar surface area (TPSA) is 77.8 Å². The highest BCUT2D eigenvalue weighted by molar-refractivity contribution is 5.98. The first-order valence-electron chi connectivity index (χ1n) is 6.24. The smallest absolute Gasteiger partial charge is 0.329 e. The molecule has 2 rings (SSSR count). The molecular formula is C14H17NO4. The summed E-state index contributed by atoms with van der Waals surface area (Å²) in [5, 5.41) is 18.3. The Hall–Kier alpha value is -1.88. The second kappa shape index (κ2) is 5.01. The number of aliphatic hydroxyl groups is 1. The number of likely N-dealkylation sites (tertiary alicyclic amines) is 1. The van der Waals surface area contributed by atoms with Gasteiger partial charge in [-0.3, -0.25) is 4.79 Å². The van der Waals surface area contributed by atoms with Crippen molar-refractivity contribution in [1.29, 1.82) is 0 Å². The summed E-state index contributed by atoms with van der Waals surface area (Å²) in [4.78, 5) is 25.1. The molecule has 1 atom stereocenters. The summed E-state index contributed by atoms with van der Waals surface area (Å²) >= 11 is 0. The molecule has 0 spiro atoms. The fourth-order valence-electron chi connectivity index (χ4n) is 2.42. The number of carbonyl (C=O) groups is 2. The average molecular weight is 263 g/mol. The molecule has 1 amide bonds. The van der Waals surface area contributed by atoms with Crippen LogP contribution in [-0.4, -0.2) is 39.1 Å².